The molecule has 0 amide bonds. The molecule has 55 valence electrons. The minimum absolute atomic E-state index is 0.910. The van der Waals surface area contributed by atoms with Gasteiger partial charge < -0.3 is 4.90 Å². The topological polar surface area (TPSA) is 32.9 Å². The summed E-state index contributed by atoms with van der Waals surface area (Å²) in [4.78, 5) is 2.11. The Morgan fingerprint density at radius 3 is 2.90 bits per heavy atom. The largest absolute Gasteiger partial charge is 0.305 e. The Labute approximate surface area is 60.8 Å². The lowest BCUT2D eigenvalue weighted by Gasteiger charge is -2.07. The molecule has 0 saturated carbocycles. The van der Waals surface area contributed by atoms with Crippen LogP contribution in [0.2, 0.25) is 0 Å². The Kier molecular flexibility index (Phi) is 2.39. The van der Waals surface area contributed by atoms with E-state index >= 15 is 0 Å². The Balaban J connectivity index is 2.14. The zero-order valence-corrected chi connectivity index (χ0v) is 6.36. The van der Waals surface area contributed by atoms with Crippen LogP contribution in [0.4, 0.5) is 0 Å². The lowest BCUT2D eigenvalue weighted by atomic mass is 10.6. The summed E-state index contributed by atoms with van der Waals surface area (Å²) in [6, 6.07) is 0. The van der Waals surface area contributed by atoms with E-state index in [1.54, 1.807) is 6.20 Å². The van der Waals surface area contributed by atoms with Crippen molar-refractivity contribution in [3.8, 4) is 0 Å². The van der Waals surface area contributed by atoms with Crippen molar-refractivity contribution in [3.05, 3.63) is 12.4 Å². The molecule has 0 aromatic carbocycles. The zero-order valence-electron chi connectivity index (χ0n) is 6.36. The molecule has 0 fully saturated rings. The van der Waals surface area contributed by atoms with E-state index in [1.807, 2.05) is 25.3 Å². The van der Waals surface area contributed by atoms with Gasteiger partial charge in [0.15, 0.2) is 6.20 Å². The van der Waals surface area contributed by atoms with Crippen molar-refractivity contribution in [2.75, 3.05) is 27.2 Å². The fraction of sp³-hybridized carbons (Fsp3) is 0.667. The second kappa shape index (κ2) is 3.31. The van der Waals surface area contributed by atoms with E-state index in [4.69, 9.17) is 0 Å². The highest BCUT2D eigenvalue weighted by molar-refractivity contribution is 4.79. The third-order valence-electron chi connectivity index (χ3n) is 1.25. The first-order chi connectivity index (χ1) is 4.79. The molecule has 1 rings (SSSR count). The van der Waals surface area contributed by atoms with E-state index in [2.05, 4.69) is 15.2 Å². The maximum Gasteiger partial charge on any atom is 0.208 e. The summed E-state index contributed by atoms with van der Waals surface area (Å²) >= 11 is 0. The van der Waals surface area contributed by atoms with Crippen LogP contribution in [-0.4, -0.2) is 37.1 Å². The average Bonchev–Trinajstić information content (AvgIpc) is 2.34. The van der Waals surface area contributed by atoms with Crippen molar-refractivity contribution in [3.63, 3.8) is 0 Å². The molecule has 0 aromatic heterocycles. The van der Waals surface area contributed by atoms with E-state index in [0.717, 1.165) is 13.1 Å². The third-order valence-corrected chi connectivity index (χ3v) is 1.25. The molecule has 4 nitrogen and oxygen atoms in total. The van der Waals surface area contributed by atoms with Gasteiger partial charge in [0.25, 0.3) is 0 Å². The molecule has 0 saturated heterocycles. The summed E-state index contributed by atoms with van der Waals surface area (Å²) in [7, 11) is 4.08. The predicted octanol–water partition coefficient (Wildman–Crippen LogP) is 0.0378. The monoisotopic (exact) mass is 140 g/mol. The van der Waals surface area contributed by atoms with E-state index < -0.39 is 0 Å². The second-order valence-electron chi connectivity index (χ2n) is 2.47. The molecule has 0 spiro atoms. The summed E-state index contributed by atoms with van der Waals surface area (Å²) < 4.78 is 0. The highest BCUT2D eigenvalue weighted by Gasteiger charge is 2.10. The standard InChI is InChI=1S/C6H12N4/c1-9(2)5-6-10-4-3-7-8-10/h3-4H,5-6H2,1-2H3/q+1. The van der Waals surface area contributed by atoms with Gasteiger partial charge in [-0.1, -0.05) is 0 Å². The van der Waals surface area contributed by atoms with Gasteiger partial charge in [-0.25, -0.2) is 0 Å². The van der Waals surface area contributed by atoms with Gasteiger partial charge in [-0.05, 0) is 14.1 Å². The highest BCUT2D eigenvalue weighted by Crippen LogP contribution is 1.94. The number of hydrogen-bond acceptors (Lipinski definition) is 4. The lowest BCUT2D eigenvalue weighted by Crippen LogP contribution is -2.23. The molecule has 1 aliphatic rings. The molecule has 0 aliphatic carbocycles. The van der Waals surface area contributed by atoms with E-state index in [9.17, 15) is 0 Å². The van der Waals surface area contributed by atoms with Gasteiger partial charge in [0.1, 0.15) is 11.8 Å². The van der Waals surface area contributed by atoms with Gasteiger partial charge in [-0.2, -0.15) is 0 Å². The van der Waals surface area contributed by atoms with Crippen LogP contribution in [0.1, 0.15) is 0 Å². The van der Waals surface area contributed by atoms with Gasteiger partial charge in [-0.15, -0.1) is 5.01 Å². The Morgan fingerprint density at radius 2 is 2.40 bits per heavy atom. The Morgan fingerprint density at radius 1 is 1.60 bits per heavy atom. The number of rotatable bonds is 3. The summed E-state index contributed by atoms with van der Waals surface area (Å²) in [5.41, 5.74) is 0. The smallest absolute Gasteiger partial charge is 0.208 e. The van der Waals surface area contributed by atoms with Crippen LogP contribution in [0.3, 0.4) is 0 Å². The molecule has 0 bridgehead atoms. The second-order valence-corrected chi connectivity index (χ2v) is 2.47. The molecule has 0 atom stereocenters. The quantitative estimate of drug-likeness (QED) is 0.554. The molecule has 1 aliphatic heterocycles. The fourth-order valence-corrected chi connectivity index (χ4v) is 0.654. The van der Waals surface area contributed by atoms with Gasteiger partial charge in [0.2, 0.25) is 6.20 Å². The van der Waals surface area contributed by atoms with Crippen LogP contribution >= 0.6 is 0 Å². The number of nitrogens with zero attached hydrogens (tertiary/aromatic N) is 4. The van der Waals surface area contributed by atoms with Gasteiger partial charge in [-0.3, -0.25) is 0 Å². The van der Waals surface area contributed by atoms with Crippen molar-refractivity contribution >= 4 is 0 Å². The van der Waals surface area contributed by atoms with E-state index in [0.29, 0.717) is 0 Å². The van der Waals surface area contributed by atoms with Crippen LogP contribution in [0, 0.1) is 0 Å². The van der Waals surface area contributed by atoms with Crippen molar-refractivity contribution < 1.29 is 0 Å². The Hall–Kier alpha value is -0.900. The summed E-state index contributed by atoms with van der Waals surface area (Å²) in [5.74, 6) is 0. The first kappa shape index (κ1) is 7.21. The molecule has 4 heteroatoms. The molecule has 10 heavy (non-hydrogen) atoms. The normalized spacial score (nSPS) is 15.7. The highest BCUT2D eigenvalue weighted by atomic mass is 15.6. The molecule has 0 aromatic rings. The average molecular weight is 140 g/mol. The molecular formula is C6H12N4+. The van der Waals surface area contributed by atoms with Gasteiger partial charge in [0, 0.05) is 6.54 Å². The van der Waals surface area contributed by atoms with Crippen LogP contribution in [0.15, 0.2) is 17.6 Å². The SMILES string of the molecule is CN(C)CCN1C=C[N+]=N1. The van der Waals surface area contributed by atoms with E-state index in [-0.39, 0.29) is 0 Å². The minimum atomic E-state index is 0.910. The first-order valence-electron chi connectivity index (χ1n) is 3.28. The summed E-state index contributed by atoms with van der Waals surface area (Å²) in [6.07, 6.45) is 3.55. The van der Waals surface area contributed by atoms with Crippen molar-refractivity contribution in [1.29, 1.82) is 0 Å². The molecule has 1 radical (unpaired) electrons. The van der Waals surface area contributed by atoms with Crippen molar-refractivity contribution in [2.45, 2.75) is 0 Å². The number of likely N-dealkylation sites (N-methyl/N-ethyl adjacent to an activating group) is 1. The van der Waals surface area contributed by atoms with Crippen molar-refractivity contribution in [1.82, 2.24) is 15.0 Å². The maximum atomic E-state index is 3.83. The summed E-state index contributed by atoms with van der Waals surface area (Å²) in [5, 5.41) is 9.34. The zero-order chi connectivity index (χ0) is 7.40. The predicted molar refractivity (Wildman–Crippen MR) is 39.0 cm³/mol. The molecule has 0 N–H and O–H groups in total. The lowest BCUT2D eigenvalue weighted by molar-refractivity contribution is 0.310. The fourth-order valence-electron chi connectivity index (χ4n) is 0.654. The molecular weight excluding hydrogens is 128 g/mol. The minimum Gasteiger partial charge on any atom is -0.305 e. The van der Waals surface area contributed by atoms with Crippen LogP contribution in [0.25, 0.3) is 0 Å². The molecule has 0 unspecified atom stereocenters. The first-order valence-corrected chi connectivity index (χ1v) is 3.28. The molecule has 1 heterocycles. The van der Waals surface area contributed by atoms with Gasteiger partial charge >= 0.3 is 0 Å². The summed E-state index contributed by atoms with van der Waals surface area (Å²) in [6.45, 7) is 1.91. The van der Waals surface area contributed by atoms with Crippen LogP contribution < -0.4 is 5.11 Å². The third kappa shape index (κ3) is 2.14. The van der Waals surface area contributed by atoms with Crippen LogP contribution in [-0.2, 0) is 0 Å². The van der Waals surface area contributed by atoms with Gasteiger partial charge in [0.05, 0.1) is 5.11 Å². The maximum absolute atomic E-state index is 3.83. The van der Waals surface area contributed by atoms with Crippen molar-refractivity contribution in [2.24, 2.45) is 5.22 Å². The van der Waals surface area contributed by atoms with E-state index in [1.165, 1.54) is 0 Å². The Bertz CT molecular complexity index is 138. The number of hydrogen-bond donors (Lipinski definition) is 0. The van der Waals surface area contributed by atoms with Crippen LogP contribution in [0.5, 0.6) is 0 Å².